The van der Waals surface area contributed by atoms with E-state index in [1.807, 2.05) is 17.0 Å². The van der Waals surface area contributed by atoms with Crippen molar-refractivity contribution in [1.29, 1.82) is 0 Å². The number of nitrogens with one attached hydrogen (secondary N) is 2. The Balaban J connectivity index is 1.44. The molecule has 1 aromatic rings. The number of amides is 3. The molecule has 1 fully saturated rings. The number of rotatable bonds is 2. The second-order valence-electron chi connectivity index (χ2n) is 7.58. The van der Waals surface area contributed by atoms with Crippen molar-refractivity contribution in [2.45, 2.75) is 63.8 Å². The van der Waals surface area contributed by atoms with Crippen LogP contribution in [0, 0.1) is 0 Å². The molecule has 4 rings (SSSR count). The van der Waals surface area contributed by atoms with Gasteiger partial charge in [0.25, 0.3) is 0 Å². The van der Waals surface area contributed by atoms with E-state index < -0.39 is 11.8 Å². The first kappa shape index (κ1) is 17.1. The van der Waals surface area contributed by atoms with Gasteiger partial charge < -0.3 is 15.5 Å². The molecule has 2 aliphatic heterocycles. The number of hydrogen-bond acceptors (Lipinski definition) is 3. The van der Waals surface area contributed by atoms with Crippen molar-refractivity contribution in [3.05, 3.63) is 23.3 Å². The number of anilines is 2. The molecular formula is C20H25N3O3. The minimum atomic E-state index is -0.626. The molecule has 6 heteroatoms. The van der Waals surface area contributed by atoms with Crippen LogP contribution < -0.4 is 15.5 Å². The largest absolute Gasteiger partial charge is 0.345 e. The summed E-state index contributed by atoms with van der Waals surface area (Å²) in [6.07, 6.45) is 8.69. The van der Waals surface area contributed by atoms with E-state index in [0.717, 1.165) is 61.9 Å². The van der Waals surface area contributed by atoms with Crippen LogP contribution in [0.1, 0.15) is 56.1 Å². The summed E-state index contributed by atoms with van der Waals surface area (Å²) in [5.41, 5.74) is 3.66. The molecule has 0 saturated heterocycles. The van der Waals surface area contributed by atoms with Gasteiger partial charge in [0.15, 0.2) is 0 Å². The summed E-state index contributed by atoms with van der Waals surface area (Å²) in [6.45, 7) is 0.772. The van der Waals surface area contributed by atoms with Crippen LogP contribution in [-0.4, -0.2) is 30.3 Å². The summed E-state index contributed by atoms with van der Waals surface area (Å²) in [7, 11) is 0. The van der Waals surface area contributed by atoms with Crippen molar-refractivity contribution in [3.8, 4) is 0 Å². The van der Waals surface area contributed by atoms with Crippen LogP contribution in [0.15, 0.2) is 12.1 Å². The van der Waals surface area contributed by atoms with Crippen LogP contribution in [-0.2, 0) is 27.2 Å². The van der Waals surface area contributed by atoms with Crippen LogP contribution >= 0.6 is 0 Å². The maximum absolute atomic E-state index is 12.3. The molecule has 1 aromatic carbocycles. The first-order valence-electron chi connectivity index (χ1n) is 9.70. The van der Waals surface area contributed by atoms with Crippen molar-refractivity contribution in [1.82, 2.24) is 5.32 Å². The Hall–Kier alpha value is -2.37. The molecule has 1 saturated carbocycles. The van der Waals surface area contributed by atoms with Gasteiger partial charge in [-0.2, -0.15) is 0 Å². The van der Waals surface area contributed by atoms with Gasteiger partial charge in [-0.1, -0.05) is 25.7 Å². The van der Waals surface area contributed by atoms with Gasteiger partial charge in [-0.15, -0.1) is 0 Å². The Morgan fingerprint density at radius 2 is 1.69 bits per heavy atom. The van der Waals surface area contributed by atoms with Crippen LogP contribution in [0.3, 0.4) is 0 Å². The third-order valence-corrected chi connectivity index (χ3v) is 5.66. The number of carbonyl (C=O) groups is 3. The fourth-order valence-corrected chi connectivity index (χ4v) is 4.41. The van der Waals surface area contributed by atoms with Crippen molar-refractivity contribution in [2.24, 2.45) is 0 Å². The fraction of sp³-hybridized carbons (Fsp3) is 0.550. The van der Waals surface area contributed by atoms with Crippen molar-refractivity contribution >= 4 is 29.1 Å². The summed E-state index contributed by atoms with van der Waals surface area (Å²) >= 11 is 0. The molecule has 1 aliphatic carbocycles. The molecule has 0 aromatic heterocycles. The van der Waals surface area contributed by atoms with Gasteiger partial charge in [0.2, 0.25) is 5.91 Å². The molecule has 0 atom stereocenters. The van der Waals surface area contributed by atoms with E-state index in [9.17, 15) is 14.4 Å². The third-order valence-electron chi connectivity index (χ3n) is 5.66. The number of benzene rings is 1. The number of nitrogens with zero attached hydrogens (tertiary/aromatic N) is 1. The highest BCUT2D eigenvalue weighted by molar-refractivity contribution is 6.39. The van der Waals surface area contributed by atoms with E-state index in [1.165, 1.54) is 12.8 Å². The van der Waals surface area contributed by atoms with Crippen LogP contribution in [0.4, 0.5) is 11.4 Å². The number of hydrogen-bond donors (Lipinski definition) is 2. The van der Waals surface area contributed by atoms with Crippen LogP contribution in [0.2, 0.25) is 0 Å². The molecule has 0 radical (unpaired) electrons. The molecule has 3 aliphatic rings. The molecular weight excluding hydrogens is 330 g/mol. The van der Waals surface area contributed by atoms with E-state index in [1.54, 1.807) is 0 Å². The lowest BCUT2D eigenvalue weighted by Crippen LogP contribution is -2.41. The van der Waals surface area contributed by atoms with Crippen molar-refractivity contribution in [3.63, 3.8) is 0 Å². The summed E-state index contributed by atoms with van der Waals surface area (Å²) in [5.74, 6) is -1.07. The zero-order chi connectivity index (χ0) is 18.1. The van der Waals surface area contributed by atoms with Crippen molar-refractivity contribution in [2.75, 3.05) is 16.8 Å². The normalized spacial score (nSPS) is 19.7. The van der Waals surface area contributed by atoms with Gasteiger partial charge in [-0.05, 0) is 48.9 Å². The van der Waals surface area contributed by atoms with E-state index in [-0.39, 0.29) is 11.9 Å². The Kier molecular flexibility index (Phi) is 4.66. The van der Waals surface area contributed by atoms with Gasteiger partial charge in [-0.25, -0.2) is 0 Å². The molecule has 2 N–H and O–H groups in total. The molecule has 0 unspecified atom stereocenters. The van der Waals surface area contributed by atoms with Gasteiger partial charge in [0.05, 0.1) is 12.1 Å². The van der Waals surface area contributed by atoms with E-state index in [2.05, 4.69) is 10.6 Å². The quantitative estimate of drug-likeness (QED) is 0.631. The molecule has 3 amide bonds. The smallest absolute Gasteiger partial charge is 0.313 e. The lowest BCUT2D eigenvalue weighted by Gasteiger charge is -2.26. The van der Waals surface area contributed by atoms with Gasteiger partial charge in [0.1, 0.15) is 0 Å². The molecule has 0 spiro atoms. The standard InChI is InChI=1S/C20H25N3O3/c24-17-12-14-11-16(10-13-6-5-9-23(17)18(13)14)22-20(26)19(25)21-15-7-3-1-2-4-8-15/h10-11,15H,1-9,12H2,(H,21,25)(H,22,26). The SMILES string of the molecule is O=C(Nc1cc2c3c(c1)CC(=O)N3CCC2)C(=O)NC1CCCCCC1. The molecule has 138 valence electrons. The second kappa shape index (κ2) is 7.09. The maximum Gasteiger partial charge on any atom is 0.313 e. The Morgan fingerprint density at radius 3 is 2.46 bits per heavy atom. The van der Waals surface area contributed by atoms with Crippen molar-refractivity contribution < 1.29 is 14.4 Å². The van der Waals surface area contributed by atoms with Gasteiger partial charge >= 0.3 is 11.8 Å². The molecule has 2 heterocycles. The number of carbonyl (C=O) groups excluding carboxylic acids is 3. The Bertz CT molecular complexity index is 751. The first-order chi connectivity index (χ1) is 12.6. The summed E-state index contributed by atoms with van der Waals surface area (Å²) < 4.78 is 0. The van der Waals surface area contributed by atoms with Crippen LogP contribution in [0.5, 0.6) is 0 Å². The third kappa shape index (κ3) is 3.32. The number of aryl methyl sites for hydroxylation is 1. The minimum Gasteiger partial charge on any atom is -0.345 e. The predicted octanol–water partition coefficient (Wildman–Crippen LogP) is 2.30. The monoisotopic (exact) mass is 355 g/mol. The topological polar surface area (TPSA) is 78.5 Å². The Labute approximate surface area is 153 Å². The highest BCUT2D eigenvalue weighted by Gasteiger charge is 2.32. The molecule has 0 bridgehead atoms. The first-order valence-corrected chi connectivity index (χ1v) is 9.70. The maximum atomic E-state index is 12.3. The molecule has 6 nitrogen and oxygen atoms in total. The average molecular weight is 355 g/mol. The highest BCUT2D eigenvalue weighted by Crippen LogP contribution is 2.38. The lowest BCUT2D eigenvalue weighted by molar-refractivity contribution is -0.136. The average Bonchev–Trinajstić information content (AvgIpc) is 2.80. The zero-order valence-corrected chi connectivity index (χ0v) is 15.0. The fourth-order valence-electron chi connectivity index (χ4n) is 4.41. The highest BCUT2D eigenvalue weighted by atomic mass is 16.2. The summed E-state index contributed by atoms with van der Waals surface area (Å²) in [4.78, 5) is 38.5. The van der Waals surface area contributed by atoms with Gasteiger partial charge in [0, 0.05) is 18.3 Å². The van der Waals surface area contributed by atoms with E-state index in [4.69, 9.17) is 0 Å². The Morgan fingerprint density at radius 1 is 0.962 bits per heavy atom. The minimum absolute atomic E-state index is 0.100. The van der Waals surface area contributed by atoms with E-state index in [0.29, 0.717) is 12.1 Å². The summed E-state index contributed by atoms with van der Waals surface area (Å²) in [6, 6.07) is 3.84. The summed E-state index contributed by atoms with van der Waals surface area (Å²) in [5, 5.41) is 5.60. The molecule has 26 heavy (non-hydrogen) atoms. The van der Waals surface area contributed by atoms with E-state index >= 15 is 0 Å². The van der Waals surface area contributed by atoms with Gasteiger partial charge in [-0.3, -0.25) is 14.4 Å². The van der Waals surface area contributed by atoms with Crippen LogP contribution in [0.25, 0.3) is 0 Å². The predicted molar refractivity (Wildman–Crippen MR) is 99.1 cm³/mol. The lowest BCUT2D eigenvalue weighted by atomic mass is 9.99. The zero-order valence-electron chi connectivity index (χ0n) is 15.0. The second-order valence-corrected chi connectivity index (χ2v) is 7.58.